The third-order valence-corrected chi connectivity index (χ3v) is 4.43. The maximum atomic E-state index is 13.7. The number of carbonyl (C=O) groups is 2. The van der Waals surface area contributed by atoms with Crippen molar-refractivity contribution in [2.45, 2.75) is 13.0 Å². The predicted octanol–water partition coefficient (Wildman–Crippen LogP) is 3.43. The molecule has 0 spiro atoms. The van der Waals surface area contributed by atoms with Crippen LogP contribution in [-0.2, 0) is 11.3 Å². The van der Waals surface area contributed by atoms with Gasteiger partial charge in [-0.05, 0) is 29.6 Å². The standard InChI is InChI=1S/C16H16BrFN2O2S/c1-20(9-12-8-13(17)2-3-14(12)18)15(21)4-6-19-16(22)11-5-7-23-10-11/h2-3,5,7-8,10H,4,6,9H2,1H3,(H,19,22). The Morgan fingerprint density at radius 1 is 1.35 bits per heavy atom. The number of carbonyl (C=O) groups excluding carboxylic acids is 2. The number of hydrogen-bond donors (Lipinski definition) is 1. The van der Waals surface area contributed by atoms with E-state index in [9.17, 15) is 14.0 Å². The van der Waals surface area contributed by atoms with Crippen LogP contribution in [0.2, 0.25) is 0 Å². The fourth-order valence-corrected chi connectivity index (χ4v) is 3.02. The van der Waals surface area contributed by atoms with Gasteiger partial charge in [-0.25, -0.2) is 4.39 Å². The van der Waals surface area contributed by atoms with Gasteiger partial charge in [-0.2, -0.15) is 11.3 Å². The molecule has 0 aliphatic rings. The summed E-state index contributed by atoms with van der Waals surface area (Å²) in [5.41, 5.74) is 1.03. The Morgan fingerprint density at radius 3 is 2.83 bits per heavy atom. The van der Waals surface area contributed by atoms with Gasteiger partial charge in [-0.15, -0.1) is 0 Å². The van der Waals surface area contributed by atoms with Gasteiger partial charge in [0.25, 0.3) is 5.91 Å². The minimum Gasteiger partial charge on any atom is -0.351 e. The Bertz CT molecular complexity index is 691. The zero-order valence-corrected chi connectivity index (χ0v) is 14.9. The van der Waals surface area contributed by atoms with Gasteiger partial charge in [-0.1, -0.05) is 15.9 Å². The highest BCUT2D eigenvalue weighted by molar-refractivity contribution is 9.10. The second-order valence-electron chi connectivity index (χ2n) is 5.00. The molecule has 122 valence electrons. The molecule has 1 N–H and O–H groups in total. The quantitative estimate of drug-likeness (QED) is 0.809. The third kappa shape index (κ3) is 5.14. The molecule has 0 bridgehead atoms. The number of nitrogens with zero attached hydrogens (tertiary/aromatic N) is 1. The van der Waals surface area contributed by atoms with Crippen LogP contribution in [0.25, 0.3) is 0 Å². The fourth-order valence-electron chi connectivity index (χ4n) is 1.98. The average molecular weight is 399 g/mol. The molecule has 1 aromatic heterocycles. The van der Waals surface area contributed by atoms with E-state index in [1.807, 2.05) is 5.38 Å². The number of amides is 2. The smallest absolute Gasteiger partial charge is 0.252 e. The number of nitrogens with one attached hydrogen (secondary N) is 1. The van der Waals surface area contributed by atoms with Crippen LogP contribution in [0.1, 0.15) is 22.3 Å². The van der Waals surface area contributed by atoms with Crippen LogP contribution in [0, 0.1) is 5.82 Å². The molecule has 0 atom stereocenters. The highest BCUT2D eigenvalue weighted by Crippen LogP contribution is 2.17. The van der Waals surface area contributed by atoms with Crippen molar-refractivity contribution in [3.63, 3.8) is 0 Å². The van der Waals surface area contributed by atoms with Crippen LogP contribution in [-0.4, -0.2) is 30.3 Å². The van der Waals surface area contributed by atoms with Crippen molar-refractivity contribution >= 4 is 39.1 Å². The van der Waals surface area contributed by atoms with Gasteiger partial charge < -0.3 is 10.2 Å². The van der Waals surface area contributed by atoms with Crippen molar-refractivity contribution in [3.8, 4) is 0 Å². The summed E-state index contributed by atoms with van der Waals surface area (Å²) in [6, 6.07) is 6.35. The zero-order valence-electron chi connectivity index (χ0n) is 12.5. The normalized spacial score (nSPS) is 10.4. The fraction of sp³-hybridized carbons (Fsp3) is 0.250. The van der Waals surface area contributed by atoms with Crippen LogP contribution < -0.4 is 5.32 Å². The molecule has 0 saturated carbocycles. The Labute approximate surface area is 146 Å². The number of benzene rings is 1. The molecule has 2 aromatic rings. The maximum absolute atomic E-state index is 13.7. The minimum absolute atomic E-state index is 0.157. The third-order valence-electron chi connectivity index (χ3n) is 3.25. The molecule has 1 heterocycles. The Hall–Kier alpha value is -1.73. The number of halogens is 2. The highest BCUT2D eigenvalue weighted by Gasteiger charge is 2.13. The summed E-state index contributed by atoms with van der Waals surface area (Å²) in [6.07, 6.45) is 0.169. The molecule has 0 unspecified atom stereocenters. The van der Waals surface area contributed by atoms with E-state index < -0.39 is 0 Å². The lowest BCUT2D eigenvalue weighted by Gasteiger charge is -2.18. The minimum atomic E-state index is -0.349. The maximum Gasteiger partial charge on any atom is 0.252 e. The SMILES string of the molecule is CN(Cc1cc(Br)ccc1F)C(=O)CCNC(=O)c1ccsc1. The van der Waals surface area contributed by atoms with Crippen LogP contribution in [0.4, 0.5) is 4.39 Å². The van der Waals surface area contributed by atoms with Crippen molar-refractivity contribution in [1.29, 1.82) is 0 Å². The monoisotopic (exact) mass is 398 g/mol. The topological polar surface area (TPSA) is 49.4 Å². The molecule has 4 nitrogen and oxygen atoms in total. The van der Waals surface area contributed by atoms with Crippen molar-refractivity contribution in [2.75, 3.05) is 13.6 Å². The first-order valence-corrected chi connectivity index (χ1v) is 8.69. The molecular weight excluding hydrogens is 383 g/mol. The predicted molar refractivity (Wildman–Crippen MR) is 91.8 cm³/mol. The lowest BCUT2D eigenvalue weighted by atomic mass is 10.2. The van der Waals surface area contributed by atoms with Gasteiger partial charge in [-0.3, -0.25) is 9.59 Å². The molecule has 2 amide bonds. The summed E-state index contributed by atoms with van der Waals surface area (Å²) < 4.78 is 14.5. The molecule has 0 saturated heterocycles. The molecule has 0 aliphatic heterocycles. The summed E-state index contributed by atoms with van der Waals surface area (Å²) in [6.45, 7) is 0.432. The summed E-state index contributed by atoms with van der Waals surface area (Å²) in [5.74, 6) is -0.701. The van der Waals surface area contributed by atoms with Crippen LogP contribution in [0.3, 0.4) is 0 Å². The first-order chi connectivity index (χ1) is 11.0. The van der Waals surface area contributed by atoms with E-state index in [0.717, 1.165) is 4.47 Å². The van der Waals surface area contributed by atoms with E-state index in [1.54, 1.807) is 30.6 Å². The van der Waals surface area contributed by atoms with Crippen LogP contribution in [0.15, 0.2) is 39.5 Å². The molecule has 0 radical (unpaired) electrons. The lowest BCUT2D eigenvalue weighted by molar-refractivity contribution is -0.130. The molecule has 1 aromatic carbocycles. The molecule has 0 fully saturated rings. The molecular formula is C16H16BrFN2O2S. The Kier molecular flexibility index (Phi) is 6.29. The van der Waals surface area contributed by atoms with Gasteiger partial charge in [0.05, 0.1) is 0 Å². The van der Waals surface area contributed by atoms with E-state index in [1.165, 1.54) is 22.3 Å². The highest BCUT2D eigenvalue weighted by atomic mass is 79.9. The molecule has 2 rings (SSSR count). The van der Waals surface area contributed by atoms with Gasteiger partial charge in [0, 0.05) is 47.5 Å². The second kappa shape index (κ2) is 8.21. The lowest BCUT2D eigenvalue weighted by Crippen LogP contribution is -2.32. The van der Waals surface area contributed by atoms with Crippen LogP contribution >= 0.6 is 27.3 Å². The van der Waals surface area contributed by atoms with E-state index in [0.29, 0.717) is 11.1 Å². The van der Waals surface area contributed by atoms with E-state index in [4.69, 9.17) is 0 Å². The first-order valence-electron chi connectivity index (χ1n) is 6.95. The van der Waals surface area contributed by atoms with Crippen molar-refractivity contribution in [2.24, 2.45) is 0 Å². The second-order valence-corrected chi connectivity index (χ2v) is 6.70. The first kappa shape index (κ1) is 17.6. The molecule has 7 heteroatoms. The van der Waals surface area contributed by atoms with E-state index in [2.05, 4.69) is 21.2 Å². The van der Waals surface area contributed by atoms with Gasteiger partial charge >= 0.3 is 0 Å². The Balaban J connectivity index is 1.81. The van der Waals surface area contributed by atoms with Crippen molar-refractivity contribution in [1.82, 2.24) is 10.2 Å². The van der Waals surface area contributed by atoms with Crippen molar-refractivity contribution < 1.29 is 14.0 Å². The molecule has 0 aliphatic carbocycles. The largest absolute Gasteiger partial charge is 0.351 e. The average Bonchev–Trinajstić information content (AvgIpc) is 3.05. The zero-order chi connectivity index (χ0) is 16.8. The van der Waals surface area contributed by atoms with Crippen LogP contribution in [0.5, 0.6) is 0 Å². The number of rotatable bonds is 6. The summed E-state index contributed by atoms with van der Waals surface area (Å²) in [7, 11) is 1.61. The number of hydrogen-bond acceptors (Lipinski definition) is 3. The van der Waals surface area contributed by atoms with Crippen molar-refractivity contribution in [3.05, 3.63) is 56.4 Å². The van der Waals surface area contributed by atoms with E-state index in [-0.39, 0.29) is 37.1 Å². The van der Waals surface area contributed by atoms with Gasteiger partial charge in [0.15, 0.2) is 0 Å². The van der Waals surface area contributed by atoms with E-state index >= 15 is 0 Å². The Morgan fingerprint density at radius 2 is 2.13 bits per heavy atom. The summed E-state index contributed by atoms with van der Waals surface area (Å²) in [4.78, 5) is 25.2. The summed E-state index contributed by atoms with van der Waals surface area (Å²) in [5, 5.41) is 6.26. The summed E-state index contributed by atoms with van der Waals surface area (Å²) >= 11 is 4.72. The number of thiophene rings is 1. The van der Waals surface area contributed by atoms with Gasteiger partial charge in [0.1, 0.15) is 5.82 Å². The van der Waals surface area contributed by atoms with Gasteiger partial charge in [0.2, 0.25) is 5.91 Å². The molecule has 23 heavy (non-hydrogen) atoms.